The lowest BCUT2D eigenvalue weighted by atomic mass is 10.0. The molecule has 0 saturated carbocycles. The van der Waals surface area contributed by atoms with Crippen LogP contribution in [0, 0.1) is 6.92 Å². The minimum absolute atomic E-state index is 0.00143. The Hall–Kier alpha value is -4.61. The van der Waals surface area contributed by atoms with E-state index in [4.69, 9.17) is 27.9 Å². The number of hydrogen-bond donors (Lipinski definition) is 2. The second-order valence-corrected chi connectivity index (χ2v) is 9.26. The van der Waals surface area contributed by atoms with Gasteiger partial charge < -0.3 is 10.1 Å². The number of imide groups is 1. The summed E-state index contributed by atoms with van der Waals surface area (Å²) < 4.78 is 5.54. The van der Waals surface area contributed by atoms with Gasteiger partial charge in [-0.15, -0.1) is 5.10 Å². The number of nitrogens with one attached hydrogen (secondary N) is 2. The third-order valence-corrected chi connectivity index (χ3v) is 6.60. The number of fused-ring (bicyclic) bond motifs is 1. The van der Waals surface area contributed by atoms with Crippen LogP contribution in [0.5, 0.6) is 5.75 Å². The molecule has 0 saturated heterocycles. The Labute approximate surface area is 231 Å². The van der Waals surface area contributed by atoms with E-state index in [9.17, 15) is 19.2 Å². The molecule has 0 spiro atoms. The monoisotopic (exact) mass is 564 g/mol. The second-order valence-electron chi connectivity index (χ2n) is 8.44. The number of carbonyl (C=O) groups excluding carboxylic acids is 4. The number of aromatic nitrogens is 4. The smallest absolute Gasteiger partial charge is 0.311 e. The highest BCUT2D eigenvalue weighted by Gasteiger charge is 2.40. The molecule has 0 bridgehead atoms. The van der Waals surface area contributed by atoms with E-state index in [0.717, 1.165) is 4.90 Å². The van der Waals surface area contributed by atoms with Gasteiger partial charge in [0.25, 0.3) is 17.7 Å². The van der Waals surface area contributed by atoms with Crippen LogP contribution in [-0.2, 0) is 4.79 Å². The average molecular weight is 565 g/mol. The summed E-state index contributed by atoms with van der Waals surface area (Å²) in [5.74, 6) is -2.42. The predicted octanol–water partition coefficient (Wildman–Crippen LogP) is 4.85. The van der Waals surface area contributed by atoms with E-state index in [2.05, 4.69) is 25.9 Å². The Balaban J connectivity index is 1.55. The highest BCUT2D eigenvalue weighted by Crippen LogP contribution is 2.41. The topological polar surface area (TPSA) is 147 Å². The lowest BCUT2D eigenvalue weighted by molar-refractivity contribution is -0.133. The van der Waals surface area contributed by atoms with Crippen molar-refractivity contribution < 1.29 is 23.9 Å². The molecule has 196 valence electrons. The molecule has 2 heterocycles. The molecule has 13 heteroatoms. The fourth-order valence-corrected chi connectivity index (χ4v) is 4.82. The van der Waals surface area contributed by atoms with E-state index in [1.165, 1.54) is 30.3 Å². The first kappa shape index (κ1) is 26.0. The molecule has 3 amide bonds. The third-order valence-electron chi connectivity index (χ3n) is 6.00. The number of tetrazole rings is 1. The van der Waals surface area contributed by atoms with Gasteiger partial charge in [0.1, 0.15) is 0 Å². The zero-order valence-corrected chi connectivity index (χ0v) is 21.9. The van der Waals surface area contributed by atoms with Gasteiger partial charge in [-0.3, -0.25) is 19.2 Å². The standard InChI is InChI=1S/C26H18Cl2N6O5/c1-3-19(35)39-22-17(29-24(36)21-15(27)10-13(11-16(21)28)23-30-32-33-31-23)8-5-9-18(22)34-25(37)14-7-4-6-12(2)20(14)26(34)38/h4-11H,3H2,1-2H3,(H,29,36)(H,30,31,32,33). The molecular weight excluding hydrogens is 547 g/mol. The summed E-state index contributed by atoms with van der Waals surface area (Å²) in [7, 11) is 0. The van der Waals surface area contributed by atoms with Gasteiger partial charge in [-0.2, -0.15) is 0 Å². The number of carbonyl (C=O) groups is 4. The number of nitrogens with zero attached hydrogens (tertiary/aromatic N) is 4. The van der Waals surface area contributed by atoms with Gasteiger partial charge in [-0.1, -0.05) is 48.3 Å². The van der Waals surface area contributed by atoms with Crippen molar-refractivity contribution in [2.75, 3.05) is 10.2 Å². The van der Waals surface area contributed by atoms with Gasteiger partial charge in [0, 0.05) is 12.0 Å². The Kier molecular flexibility index (Phi) is 6.85. The molecule has 0 aliphatic carbocycles. The third kappa shape index (κ3) is 4.62. The summed E-state index contributed by atoms with van der Waals surface area (Å²) in [4.78, 5) is 53.2. The molecule has 0 unspecified atom stereocenters. The van der Waals surface area contributed by atoms with Gasteiger partial charge in [-0.05, 0) is 53.2 Å². The molecular formula is C26H18Cl2N6O5. The van der Waals surface area contributed by atoms with Crippen LogP contribution < -0.4 is 15.0 Å². The highest BCUT2D eigenvalue weighted by atomic mass is 35.5. The molecule has 11 nitrogen and oxygen atoms in total. The van der Waals surface area contributed by atoms with Crippen LogP contribution in [-0.4, -0.2) is 44.3 Å². The van der Waals surface area contributed by atoms with Gasteiger partial charge >= 0.3 is 5.97 Å². The minimum Gasteiger partial charge on any atom is -0.422 e. The Morgan fingerprint density at radius 1 is 1.05 bits per heavy atom. The number of para-hydroxylation sites is 1. The predicted molar refractivity (Wildman–Crippen MR) is 142 cm³/mol. The molecule has 0 radical (unpaired) electrons. The van der Waals surface area contributed by atoms with E-state index in [1.54, 1.807) is 32.0 Å². The molecule has 2 N–H and O–H groups in total. The van der Waals surface area contributed by atoms with Crippen molar-refractivity contribution in [3.05, 3.63) is 80.8 Å². The summed E-state index contributed by atoms with van der Waals surface area (Å²) in [6.45, 7) is 3.31. The first-order chi connectivity index (χ1) is 18.7. The molecule has 1 aromatic heterocycles. The van der Waals surface area contributed by atoms with Crippen LogP contribution in [0.15, 0.2) is 48.5 Å². The van der Waals surface area contributed by atoms with E-state index in [0.29, 0.717) is 17.0 Å². The number of benzene rings is 3. The van der Waals surface area contributed by atoms with Gasteiger partial charge in [0.15, 0.2) is 11.6 Å². The molecule has 1 aliphatic rings. The number of anilines is 2. The number of hydrogen-bond acceptors (Lipinski definition) is 8. The minimum atomic E-state index is -0.726. The van der Waals surface area contributed by atoms with Crippen LogP contribution in [0.4, 0.5) is 11.4 Å². The summed E-state index contributed by atoms with van der Waals surface area (Å²) >= 11 is 12.8. The Bertz CT molecular complexity index is 1650. The molecule has 1 aliphatic heterocycles. The number of halogens is 2. The maximum atomic E-state index is 13.3. The molecule has 5 rings (SSSR count). The SMILES string of the molecule is CCC(=O)Oc1c(NC(=O)c2c(Cl)cc(-c3nnn[nH]3)cc2Cl)cccc1N1C(=O)c2cccc(C)c2C1=O. The normalized spacial score (nSPS) is 12.5. The van der Waals surface area contributed by atoms with E-state index < -0.39 is 23.7 Å². The van der Waals surface area contributed by atoms with Crippen LogP contribution in [0.25, 0.3) is 11.4 Å². The Morgan fingerprint density at radius 2 is 1.77 bits per heavy atom. The number of aryl methyl sites for hydroxylation is 1. The molecule has 4 aromatic rings. The number of amides is 3. The largest absolute Gasteiger partial charge is 0.422 e. The number of aromatic amines is 1. The molecule has 0 fully saturated rings. The second kappa shape index (κ2) is 10.3. The lowest BCUT2D eigenvalue weighted by Crippen LogP contribution is -2.30. The van der Waals surface area contributed by atoms with Crippen LogP contribution in [0.3, 0.4) is 0 Å². The first-order valence-electron chi connectivity index (χ1n) is 11.6. The lowest BCUT2D eigenvalue weighted by Gasteiger charge is -2.21. The van der Waals surface area contributed by atoms with Crippen LogP contribution in [0.1, 0.15) is 50.0 Å². The van der Waals surface area contributed by atoms with Crippen molar-refractivity contribution in [3.63, 3.8) is 0 Å². The first-order valence-corrected chi connectivity index (χ1v) is 12.3. The fourth-order valence-electron chi connectivity index (χ4n) is 4.16. The molecule has 39 heavy (non-hydrogen) atoms. The van der Waals surface area contributed by atoms with Crippen molar-refractivity contribution >= 4 is 58.3 Å². The van der Waals surface area contributed by atoms with Crippen molar-refractivity contribution in [2.45, 2.75) is 20.3 Å². The van der Waals surface area contributed by atoms with E-state index in [-0.39, 0.29) is 50.3 Å². The number of rotatable bonds is 6. The van der Waals surface area contributed by atoms with Crippen molar-refractivity contribution in [1.29, 1.82) is 0 Å². The number of H-pyrrole nitrogens is 1. The van der Waals surface area contributed by atoms with Crippen molar-refractivity contribution in [2.24, 2.45) is 0 Å². The maximum absolute atomic E-state index is 13.3. The summed E-state index contributed by atoms with van der Waals surface area (Å²) in [5.41, 5.74) is 1.50. The summed E-state index contributed by atoms with van der Waals surface area (Å²) in [6, 6.07) is 12.3. The number of ether oxygens (including phenoxy) is 1. The number of esters is 1. The highest BCUT2D eigenvalue weighted by molar-refractivity contribution is 6.41. The van der Waals surface area contributed by atoms with Gasteiger partial charge in [-0.25, -0.2) is 10.00 Å². The summed E-state index contributed by atoms with van der Waals surface area (Å²) in [5, 5.41) is 16.0. The van der Waals surface area contributed by atoms with Gasteiger partial charge in [0.05, 0.1) is 38.1 Å². The average Bonchev–Trinajstić information content (AvgIpc) is 3.52. The Morgan fingerprint density at radius 3 is 2.41 bits per heavy atom. The molecule has 3 aromatic carbocycles. The van der Waals surface area contributed by atoms with Gasteiger partial charge in [0.2, 0.25) is 0 Å². The maximum Gasteiger partial charge on any atom is 0.311 e. The quantitative estimate of drug-likeness (QED) is 0.192. The zero-order chi connectivity index (χ0) is 27.8. The van der Waals surface area contributed by atoms with E-state index in [1.807, 2.05) is 0 Å². The van der Waals surface area contributed by atoms with Crippen LogP contribution in [0.2, 0.25) is 10.0 Å². The summed E-state index contributed by atoms with van der Waals surface area (Å²) in [6.07, 6.45) is -0.00143. The van der Waals surface area contributed by atoms with Crippen molar-refractivity contribution in [1.82, 2.24) is 20.6 Å². The van der Waals surface area contributed by atoms with E-state index >= 15 is 0 Å². The fraction of sp³-hybridized carbons (Fsp3) is 0.115. The molecule has 0 atom stereocenters. The zero-order valence-electron chi connectivity index (χ0n) is 20.4. The van der Waals surface area contributed by atoms with Crippen LogP contribution >= 0.6 is 23.2 Å². The van der Waals surface area contributed by atoms with Crippen molar-refractivity contribution in [3.8, 4) is 17.1 Å².